The van der Waals surface area contributed by atoms with Crippen molar-refractivity contribution in [2.75, 3.05) is 13.2 Å². The summed E-state index contributed by atoms with van der Waals surface area (Å²) in [4.78, 5) is 4.56. The minimum Gasteiger partial charge on any atom is -0.492 e. The van der Waals surface area contributed by atoms with Crippen LogP contribution in [0.25, 0.3) is 0 Å². The van der Waals surface area contributed by atoms with Crippen molar-refractivity contribution in [2.45, 2.75) is 24.2 Å². The molecule has 1 aliphatic carbocycles. The normalized spacial score (nSPS) is 22.9. The lowest BCUT2D eigenvalue weighted by Gasteiger charge is -2.04. The second kappa shape index (κ2) is 3.81. The SMILES string of the molecule is NCC1(c2nc(C3COc4ccccc43)no2)CC1. The van der Waals surface area contributed by atoms with Crippen LogP contribution in [-0.2, 0) is 5.41 Å². The Morgan fingerprint density at radius 3 is 2.95 bits per heavy atom. The molecule has 4 rings (SSSR count). The molecule has 5 nitrogen and oxygen atoms in total. The Kier molecular flexibility index (Phi) is 2.20. The second-order valence-corrected chi connectivity index (χ2v) is 5.34. The third-order valence-corrected chi connectivity index (χ3v) is 4.15. The van der Waals surface area contributed by atoms with E-state index in [9.17, 15) is 0 Å². The van der Waals surface area contributed by atoms with Gasteiger partial charge in [0.15, 0.2) is 5.82 Å². The molecule has 5 heteroatoms. The van der Waals surface area contributed by atoms with Crippen LogP contribution in [0, 0.1) is 0 Å². The molecule has 2 aromatic rings. The minimum atomic E-state index is -0.0514. The van der Waals surface area contributed by atoms with E-state index in [1.807, 2.05) is 18.2 Å². The molecule has 2 N–H and O–H groups in total. The number of fused-ring (bicyclic) bond motifs is 1. The summed E-state index contributed by atoms with van der Waals surface area (Å²) in [7, 11) is 0. The van der Waals surface area contributed by atoms with Crippen molar-refractivity contribution in [2.24, 2.45) is 5.73 Å². The van der Waals surface area contributed by atoms with E-state index in [2.05, 4.69) is 16.2 Å². The van der Waals surface area contributed by atoms with Gasteiger partial charge in [-0.2, -0.15) is 4.98 Å². The Bertz CT molecular complexity index is 619. The van der Waals surface area contributed by atoms with Crippen LogP contribution in [-0.4, -0.2) is 23.3 Å². The fourth-order valence-corrected chi connectivity index (χ4v) is 2.62. The van der Waals surface area contributed by atoms with Crippen molar-refractivity contribution in [1.29, 1.82) is 0 Å². The van der Waals surface area contributed by atoms with Gasteiger partial charge < -0.3 is 15.0 Å². The minimum absolute atomic E-state index is 0.0514. The molecule has 1 aliphatic heterocycles. The Hall–Kier alpha value is -1.88. The van der Waals surface area contributed by atoms with Crippen molar-refractivity contribution in [3.05, 3.63) is 41.5 Å². The lowest BCUT2D eigenvalue weighted by atomic mass is 10.0. The third kappa shape index (κ3) is 1.58. The van der Waals surface area contributed by atoms with Gasteiger partial charge in [0.1, 0.15) is 12.4 Å². The van der Waals surface area contributed by atoms with Crippen LogP contribution in [0.4, 0.5) is 0 Å². The van der Waals surface area contributed by atoms with Crippen LogP contribution in [0.5, 0.6) is 5.75 Å². The van der Waals surface area contributed by atoms with Gasteiger partial charge in [-0.3, -0.25) is 0 Å². The molecule has 0 radical (unpaired) electrons. The average molecular weight is 257 g/mol. The maximum absolute atomic E-state index is 5.79. The first-order valence-corrected chi connectivity index (χ1v) is 6.58. The fraction of sp³-hybridized carbons (Fsp3) is 0.429. The average Bonchev–Trinajstić information content (AvgIpc) is 2.90. The van der Waals surface area contributed by atoms with Gasteiger partial charge in [-0.1, -0.05) is 23.4 Å². The molecule has 0 spiro atoms. The van der Waals surface area contributed by atoms with Crippen LogP contribution in [0.3, 0.4) is 0 Å². The van der Waals surface area contributed by atoms with E-state index in [0.717, 1.165) is 24.2 Å². The first-order valence-electron chi connectivity index (χ1n) is 6.58. The van der Waals surface area contributed by atoms with Gasteiger partial charge in [-0.15, -0.1) is 0 Å². The maximum atomic E-state index is 5.79. The van der Waals surface area contributed by atoms with E-state index in [0.29, 0.717) is 24.9 Å². The standard InChI is InChI=1S/C14H15N3O2/c15-8-14(5-6-14)13-16-12(17-19-13)10-7-18-11-4-2-1-3-9(10)11/h1-4,10H,5-8,15H2. The van der Waals surface area contributed by atoms with E-state index in [4.69, 9.17) is 15.0 Å². The Balaban J connectivity index is 1.68. The molecule has 1 atom stereocenters. The molecule has 1 saturated carbocycles. The fourth-order valence-electron chi connectivity index (χ4n) is 2.62. The first-order chi connectivity index (χ1) is 9.32. The van der Waals surface area contributed by atoms with Gasteiger partial charge in [-0.05, 0) is 18.9 Å². The zero-order valence-corrected chi connectivity index (χ0v) is 10.5. The number of ether oxygens (including phenoxy) is 1. The largest absolute Gasteiger partial charge is 0.492 e. The molecule has 1 unspecified atom stereocenters. The molecule has 1 fully saturated rings. The third-order valence-electron chi connectivity index (χ3n) is 4.15. The molecule has 0 saturated heterocycles. The van der Waals surface area contributed by atoms with Crippen LogP contribution in [0.1, 0.15) is 36.0 Å². The van der Waals surface area contributed by atoms with E-state index >= 15 is 0 Å². The number of hydrogen-bond acceptors (Lipinski definition) is 5. The smallest absolute Gasteiger partial charge is 0.234 e. The van der Waals surface area contributed by atoms with Gasteiger partial charge in [0, 0.05) is 12.1 Å². The maximum Gasteiger partial charge on any atom is 0.234 e. The zero-order valence-electron chi connectivity index (χ0n) is 10.5. The van der Waals surface area contributed by atoms with E-state index in [1.165, 1.54) is 0 Å². The molecule has 2 heterocycles. The summed E-state index contributed by atoms with van der Waals surface area (Å²) in [5, 5.41) is 4.13. The topological polar surface area (TPSA) is 74.2 Å². The quantitative estimate of drug-likeness (QED) is 0.903. The van der Waals surface area contributed by atoms with E-state index in [1.54, 1.807) is 0 Å². The zero-order chi connectivity index (χ0) is 12.9. The Labute approximate surface area is 110 Å². The Morgan fingerprint density at radius 1 is 1.32 bits per heavy atom. The van der Waals surface area contributed by atoms with E-state index in [-0.39, 0.29) is 11.3 Å². The summed E-state index contributed by atoms with van der Waals surface area (Å²) < 4.78 is 11.1. The number of hydrogen-bond donors (Lipinski definition) is 1. The highest BCUT2D eigenvalue weighted by Crippen LogP contribution is 2.47. The number of benzene rings is 1. The van der Waals surface area contributed by atoms with Gasteiger partial charge in [0.2, 0.25) is 5.89 Å². The molecule has 19 heavy (non-hydrogen) atoms. The monoisotopic (exact) mass is 257 g/mol. The summed E-state index contributed by atoms with van der Waals surface area (Å²) in [6.07, 6.45) is 2.09. The van der Waals surface area contributed by atoms with Gasteiger partial charge in [-0.25, -0.2) is 0 Å². The summed E-state index contributed by atoms with van der Waals surface area (Å²) in [6.45, 7) is 1.15. The molecule has 0 amide bonds. The summed E-state index contributed by atoms with van der Waals surface area (Å²) in [6, 6.07) is 8.00. The lowest BCUT2D eigenvalue weighted by molar-refractivity contribution is 0.325. The molecule has 0 bridgehead atoms. The highest BCUT2D eigenvalue weighted by molar-refractivity contribution is 5.42. The summed E-state index contributed by atoms with van der Waals surface area (Å²) in [5.41, 5.74) is 6.87. The van der Waals surface area contributed by atoms with Crippen LogP contribution >= 0.6 is 0 Å². The van der Waals surface area contributed by atoms with E-state index < -0.39 is 0 Å². The first kappa shape index (κ1) is 11.0. The number of nitrogens with two attached hydrogens (primary N) is 1. The predicted molar refractivity (Wildman–Crippen MR) is 68.0 cm³/mol. The highest BCUT2D eigenvalue weighted by atomic mass is 16.5. The van der Waals surface area contributed by atoms with Gasteiger partial charge >= 0.3 is 0 Å². The molecular formula is C14H15N3O2. The van der Waals surface area contributed by atoms with Crippen LogP contribution in [0.2, 0.25) is 0 Å². The number of aromatic nitrogens is 2. The Morgan fingerprint density at radius 2 is 2.16 bits per heavy atom. The molecule has 1 aromatic carbocycles. The highest BCUT2D eigenvalue weighted by Gasteiger charge is 2.48. The molecule has 1 aromatic heterocycles. The number of para-hydroxylation sites is 1. The van der Waals surface area contributed by atoms with Crippen molar-refractivity contribution in [3.8, 4) is 5.75 Å². The molecule has 2 aliphatic rings. The summed E-state index contributed by atoms with van der Waals surface area (Å²) in [5.74, 6) is 2.38. The van der Waals surface area contributed by atoms with Crippen molar-refractivity contribution >= 4 is 0 Å². The second-order valence-electron chi connectivity index (χ2n) is 5.34. The summed E-state index contributed by atoms with van der Waals surface area (Å²) >= 11 is 0. The van der Waals surface area contributed by atoms with Gasteiger partial charge in [0.25, 0.3) is 0 Å². The molecule has 98 valence electrons. The number of rotatable bonds is 3. The van der Waals surface area contributed by atoms with Crippen LogP contribution in [0.15, 0.2) is 28.8 Å². The van der Waals surface area contributed by atoms with Crippen LogP contribution < -0.4 is 10.5 Å². The van der Waals surface area contributed by atoms with Gasteiger partial charge in [0.05, 0.1) is 11.3 Å². The molecular weight excluding hydrogens is 242 g/mol. The predicted octanol–water partition coefficient (Wildman–Crippen LogP) is 1.58. The van der Waals surface area contributed by atoms with Crippen molar-refractivity contribution < 1.29 is 9.26 Å². The lowest BCUT2D eigenvalue weighted by Crippen LogP contribution is -2.20. The van der Waals surface area contributed by atoms with Crippen molar-refractivity contribution in [3.63, 3.8) is 0 Å². The van der Waals surface area contributed by atoms with Crippen molar-refractivity contribution in [1.82, 2.24) is 10.1 Å². The number of nitrogens with zero attached hydrogens (tertiary/aromatic N) is 2.